The Morgan fingerprint density at radius 1 is 1.03 bits per heavy atom. The molecule has 1 saturated heterocycles. The first kappa shape index (κ1) is 22.9. The van der Waals surface area contributed by atoms with Crippen LogP contribution >= 0.6 is 0 Å². The Kier molecular flexibility index (Phi) is 6.74. The van der Waals surface area contributed by atoms with E-state index in [9.17, 15) is 18.0 Å². The molecule has 1 amide bonds. The molecule has 1 aliphatic rings. The van der Waals surface area contributed by atoms with Gasteiger partial charge in [-0.25, -0.2) is 4.98 Å². The van der Waals surface area contributed by atoms with Crippen LogP contribution in [-0.2, 0) is 12.7 Å². The summed E-state index contributed by atoms with van der Waals surface area (Å²) in [5.41, 5.74) is 1.77. The van der Waals surface area contributed by atoms with E-state index in [-0.39, 0.29) is 5.91 Å². The molecule has 1 N–H and O–H groups in total. The predicted octanol–water partition coefficient (Wildman–Crippen LogP) is 5.25. The van der Waals surface area contributed by atoms with Gasteiger partial charge in [0.25, 0.3) is 5.91 Å². The van der Waals surface area contributed by atoms with Gasteiger partial charge in [-0.15, -0.1) is 0 Å². The number of nitrogens with zero attached hydrogens (tertiary/aromatic N) is 3. The number of carbonyl (C=O) groups excluding carboxylic acids is 1. The molecule has 1 fully saturated rings. The number of likely N-dealkylation sites (tertiary alicyclic amines) is 1. The molecule has 3 heterocycles. The first-order valence-electron chi connectivity index (χ1n) is 10.9. The second kappa shape index (κ2) is 9.70. The maximum atomic E-state index is 13.1. The predicted molar refractivity (Wildman–Crippen MR) is 119 cm³/mol. The zero-order chi connectivity index (χ0) is 23.4. The van der Waals surface area contributed by atoms with Crippen molar-refractivity contribution in [2.75, 3.05) is 13.1 Å². The average Bonchev–Trinajstić information content (AvgIpc) is 3.32. The van der Waals surface area contributed by atoms with E-state index in [0.29, 0.717) is 22.6 Å². The van der Waals surface area contributed by atoms with Crippen molar-refractivity contribution in [2.45, 2.75) is 38.5 Å². The molecule has 0 aliphatic carbocycles. The van der Waals surface area contributed by atoms with Gasteiger partial charge in [-0.05, 0) is 69.3 Å². The van der Waals surface area contributed by atoms with Crippen molar-refractivity contribution in [1.29, 1.82) is 0 Å². The number of halogens is 3. The maximum absolute atomic E-state index is 13.1. The van der Waals surface area contributed by atoms with Crippen LogP contribution in [0.3, 0.4) is 0 Å². The quantitative estimate of drug-likeness (QED) is 0.553. The van der Waals surface area contributed by atoms with Crippen LogP contribution in [0.2, 0.25) is 0 Å². The highest BCUT2D eigenvalue weighted by Gasteiger charge is 2.30. The highest BCUT2D eigenvalue weighted by atomic mass is 19.4. The van der Waals surface area contributed by atoms with E-state index >= 15 is 0 Å². The van der Waals surface area contributed by atoms with Crippen molar-refractivity contribution in [3.05, 3.63) is 83.3 Å². The third kappa shape index (κ3) is 5.76. The van der Waals surface area contributed by atoms with Crippen LogP contribution in [0.5, 0.6) is 0 Å². The van der Waals surface area contributed by atoms with Crippen LogP contribution in [0.25, 0.3) is 11.3 Å². The lowest BCUT2D eigenvalue weighted by molar-refractivity contribution is -0.137. The second-order valence-corrected chi connectivity index (χ2v) is 8.22. The van der Waals surface area contributed by atoms with Crippen LogP contribution in [0, 0.1) is 0 Å². The van der Waals surface area contributed by atoms with Gasteiger partial charge in [0.15, 0.2) is 0 Å². The summed E-state index contributed by atoms with van der Waals surface area (Å²) >= 11 is 0. The Balaban J connectivity index is 1.47. The van der Waals surface area contributed by atoms with Crippen molar-refractivity contribution in [1.82, 2.24) is 20.2 Å². The van der Waals surface area contributed by atoms with Gasteiger partial charge in [-0.2, -0.15) is 13.2 Å². The monoisotopic (exact) mass is 454 g/mol. The van der Waals surface area contributed by atoms with E-state index in [2.05, 4.69) is 20.2 Å². The van der Waals surface area contributed by atoms with Crippen LogP contribution in [0.15, 0.2) is 60.7 Å². The number of nitrogens with one attached hydrogen (secondary N) is 1. The first-order valence-corrected chi connectivity index (χ1v) is 10.9. The van der Waals surface area contributed by atoms with Gasteiger partial charge in [-0.3, -0.25) is 14.7 Å². The summed E-state index contributed by atoms with van der Waals surface area (Å²) < 4.78 is 39.2. The highest BCUT2D eigenvalue weighted by molar-refractivity contribution is 5.92. The molecule has 1 atom stereocenters. The number of hydrogen-bond acceptors (Lipinski definition) is 4. The van der Waals surface area contributed by atoms with E-state index < -0.39 is 17.8 Å². The Morgan fingerprint density at radius 3 is 2.52 bits per heavy atom. The Hall–Kier alpha value is -3.26. The molecule has 0 radical (unpaired) electrons. The Labute approximate surface area is 190 Å². The van der Waals surface area contributed by atoms with Crippen LogP contribution < -0.4 is 5.32 Å². The minimum Gasteiger partial charge on any atom is -0.343 e. The molecule has 1 aromatic carbocycles. The molecule has 5 nitrogen and oxygen atoms in total. The molecule has 172 valence electrons. The van der Waals surface area contributed by atoms with Crippen LogP contribution in [0.4, 0.5) is 13.2 Å². The van der Waals surface area contributed by atoms with Gasteiger partial charge >= 0.3 is 6.18 Å². The summed E-state index contributed by atoms with van der Waals surface area (Å²) in [5.74, 6) is -0.322. The maximum Gasteiger partial charge on any atom is 0.416 e. The molecule has 0 bridgehead atoms. The number of alkyl halides is 3. The average molecular weight is 454 g/mol. The number of amides is 1. The normalized spacial score (nSPS) is 15.4. The van der Waals surface area contributed by atoms with Gasteiger partial charge in [0, 0.05) is 12.1 Å². The summed E-state index contributed by atoms with van der Waals surface area (Å²) in [7, 11) is 0. The number of hydrogen-bond donors (Lipinski definition) is 1. The summed E-state index contributed by atoms with van der Waals surface area (Å²) in [5, 5.41) is 2.89. The van der Waals surface area contributed by atoms with Gasteiger partial charge in [0.1, 0.15) is 5.69 Å². The van der Waals surface area contributed by atoms with Crippen molar-refractivity contribution >= 4 is 5.91 Å². The van der Waals surface area contributed by atoms with E-state index in [4.69, 9.17) is 0 Å². The molecule has 1 unspecified atom stereocenters. The van der Waals surface area contributed by atoms with E-state index in [0.717, 1.165) is 37.5 Å². The largest absolute Gasteiger partial charge is 0.416 e. The third-order valence-electron chi connectivity index (χ3n) is 5.67. The van der Waals surface area contributed by atoms with Gasteiger partial charge in [-0.1, -0.05) is 24.3 Å². The second-order valence-electron chi connectivity index (χ2n) is 8.22. The van der Waals surface area contributed by atoms with Crippen molar-refractivity contribution < 1.29 is 18.0 Å². The number of pyridine rings is 2. The fourth-order valence-corrected chi connectivity index (χ4v) is 3.92. The number of rotatable bonds is 6. The number of carbonyl (C=O) groups is 1. The van der Waals surface area contributed by atoms with Gasteiger partial charge in [0.2, 0.25) is 0 Å². The molecular formula is C25H25F3N4O. The van der Waals surface area contributed by atoms with Crippen molar-refractivity contribution in [3.8, 4) is 11.3 Å². The summed E-state index contributed by atoms with van der Waals surface area (Å²) in [4.78, 5) is 24.1. The van der Waals surface area contributed by atoms with Gasteiger partial charge in [0.05, 0.1) is 28.7 Å². The SMILES string of the molecule is CC(NC(=O)c1cccc(CN2CCCC2)n1)c1cccc(-c2cccc(C(F)(F)F)c2)n1. The lowest BCUT2D eigenvalue weighted by Gasteiger charge is -2.16. The molecule has 2 aromatic heterocycles. The Morgan fingerprint density at radius 2 is 1.76 bits per heavy atom. The zero-order valence-electron chi connectivity index (χ0n) is 18.3. The molecule has 1 aliphatic heterocycles. The zero-order valence-corrected chi connectivity index (χ0v) is 18.3. The molecule has 33 heavy (non-hydrogen) atoms. The molecule has 0 spiro atoms. The van der Waals surface area contributed by atoms with Gasteiger partial charge < -0.3 is 5.32 Å². The standard InChI is InChI=1S/C25H25F3N4O/c1-17(29-24(33)23-12-5-9-20(30-23)16-32-13-2-3-14-32)21-10-6-11-22(31-21)18-7-4-8-19(15-18)25(26,27)28/h4-12,15,17H,2-3,13-14,16H2,1H3,(H,29,33). The lowest BCUT2D eigenvalue weighted by Crippen LogP contribution is -2.28. The number of benzene rings is 1. The van der Waals surface area contributed by atoms with E-state index in [1.807, 2.05) is 12.1 Å². The molecule has 8 heteroatoms. The minimum atomic E-state index is -4.43. The van der Waals surface area contributed by atoms with Crippen LogP contribution in [0.1, 0.15) is 53.2 Å². The third-order valence-corrected chi connectivity index (χ3v) is 5.67. The lowest BCUT2D eigenvalue weighted by atomic mass is 10.1. The smallest absolute Gasteiger partial charge is 0.343 e. The fraction of sp³-hybridized carbons (Fsp3) is 0.320. The summed E-state index contributed by atoms with van der Waals surface area (Å²) in [6.07, 6.45) is -2.06. The van der Waals surface area contributed by atoms with Crippen LogP contribution in [-0.4, -0.2) is 33.9 Å². The van der Waals surface area contributed by atoms with E-state index in [1.165, 1.54) is 18.9 Å². The molecular weight excluding hydrogens is 429 g/mol. The minimum absolute atomic E-state index is 0.322. The summed E-state index contributed by atoms with van der Waals surface area (Å²) in [6.45, 7) is 4.59. The highest BCUT2D eigenvalue weighted by Crippen LogP contribution is 2.32. The first-order chi connectivity index (χ1) is 15.8. The van der Waals surface area contributed by atoms with Crippen molar-refractivity contribution in [3.63, 3.8) is 0 Å². The molecule has 3 aromatic rings. The summed E-state index contributed by atoms with van der Waals surface area (Å²) in [6, 6.07) is 15.1. The topological polar surface area (TPSA) is 58.1 Å². The fourth-order valence-electron chi connectivity index (χ4n) is 3.92. The van der Waals surface area contributed by atoms with E-state index in [1.54, 1.807) is 37.3 Å². The number of aromatic nitrogens is 2. The molecule has 4 rings (SSSR count). The Bertz CT molecular complexity index is 1130. The van der Waals surface area contributed by atoms with Crippen molar-refractivity contribution in [2.24, 2.45) is 0 Å². The molecule has 0 saturated carbocycles.